The molecule has 0 aliphatic heterocycles. The van der Waals surface area contributed by atoms with E-state index in [0.29, 0.717) is 6.04 Å². The van der Waals surface area contributed by atoms with Crippen LogP contribution in [0.4, 0.5) is 0 Å². The summed E-state index contributed by atoms with van der Waals surface area (Å²) in [4.78, 5) is 2.48. The van der Waals surface area contributed by atoms with Gasteiger partial charge < -0.3 is 9.73 Å². The number of nitrogens with zero attached hydrogens (tertiary/aromatic N) is 1. The molecule has 3 nitrogen and oxygen atoms in total. The van der Waals surface area contributed by atoms with Crippen LogP contribution in [0.15, 0.2) is 16.7 Å². The zero-order chi connectivity index (χ0) is 14.4. The van der Waals surface area contributed by atoms with Gasteiger partial charge in [0.15, 0.2) is 0 Å². The lowest BCUT2D eigenvalue weighted by Gasteiger charge is -2.26. The summed E-state index contributed by atoms with van der Waals surface area (Å²) >= 11 is 0. The second kappa shape index (κ2) is 7.84. The Balaban J connectivity index is 1.82. The fraction of sp³-hybridized carbons (Fsp3) is 0.765. The van der Waals surface area contributed by atoms with E-state index in [1.165, 1.54) is 44.1 Å². The Morgan fingerprint density at radius 1 is 1.25 bits per heavy atom. The summed E-state index contributed by atoms with van der Waals surface area (Å²) < 4.78 is 5.71. The number of rotatable bonds is 6. The van der Waals surface area contributed by atoms with Crippen molar-refractivity contribution in [1.29, 1.82) is 0 Å². The van der Waals surface area contributed by atoms with Gasteiger partial charge in [-0.1, -0.05) is 39.5 Å². The third kappa shape index (κ3) is 4.95. The zero-order valence-electron chi connectivity index (χ0n) is 13.3. The van der Waals surface area contributed by atoms with Crippen LogP contribution in [-0.2, 0) is 13.1 Å². The molecule has 1 aliphatic rings. The van der Waals surface area contributed by atoms with Crippen LogP contribution in [0, 0.1) is 0 Å². The Morgan fingerprint density at radius 2 is 1.95 bits per heavy atom. The molecule has 0 radical (unpaired) electrons. The Kier molecular flexibility index (Phi) is 6.11. The van der Waals surface area contributed by atoms with Crippen molar-refractivity contribution in [2.75, 3.05) is 7.05 Å². The van der Waals surface area contributed by atoms with Gasteiger partial charge in [0.05, 0.1) is 12.8 Å². The molecule has 1 N–H and O–H groups in total. The highest BCUT2D eigenvalue weighted by atomic mass is 16.3. The molecule has 2 rings (SSSR count). The number of furan rings is 1. The van der Waals surface area contributed by atoms with Crippen molar-refractivity contribution in [2.45, 2.75) is 77.5 Å². The van der Waals surface area contributed by atoms with Gasteiger partial charge in [0.1, 0.15) is 5.76 Å². The van der Waals surface area contributed by atoms with Crippen LogP contribution < -0.4 is 5.32 Å². The van der Waals surface area contributed by atoms with Crippen LogP contribution >= 0.6 is 0 Å². The minimum Gasteiger partial charge on any atom is -0.468 e. The highest BCUT2D eigenvalue weighted by molar-refractivity contribution is 5.12. The molecule has 0 aromatic carbocycles. The van der Waals surface area contributed by atoms with E-state index >= 15 is 0 Å². The van der Waals surface area contributed by atoms with Crippen LogP contribution in [0.1, 0.15) is 63.7 Å². The molecule has 1 aliphatic carbocycles. The largest absolute Gasteiger partial charge is 0.468 e. The third-order valence-corrected chi connectivity index (χ3v) is 4.28. The molecule has 1 fully saturated rings. The van der Waals surface area contributed by atoms with Crippen molar-refractivity contribution in [1.82, 2.24) is 10.2 Å². The Bertz CT molecular complexity index is 378. The van der Waals surface area contributed by atoms with E-state index in [4.69, 9.17) is 4.42 Å². The lowest BCUT2D eigenvalue weighted by molar-refractivity contribution is 0.198. The maximum atomic E-state index is 5.71. The molecule has 1 aromatic rings. The van der Waals surface area contributed by atoms with Gasteiger partial charge in [-0.05, 0) is 26.0 Å². The molecule has 0 unspecified atom stereocenters. The SMILES string of the molecule is CC(C)NCc1coc(CN(C)C2CCCCCC2)c1. The standard InChI is InChI=1S/C17H30N2O/c1-14(2)18-11-15-10-17(20-13-15)12-19(3)16-8-6-4-5-7-9-16/h10,13-14,16,18H,4-9,11-12H2,1-3H3. The first-order valence-electron chi connectivity index (χ1n) is 8.15. The summed E-state index contributed by atoms with van der Waals surface area (Å²) in [5.41, 5.74) is 1.25. The molecule has 1 heterocycles. The van der Waals surface area contributed by atoms with Crippen molar-refractivity contribution >= 4 is 0 Å². The van der Waals surface area contributed by atoms with E-state index < -0.39 is 0 Å². The second-order valence-corrected chi connectivity index (χ2v) is 6.52. The van der Waals surface area contributed by atoms with E-state index in [1.807, 2.05) is 6.26 Å². The third-order valence-electron chi connectivity index (χ3n) is 4.28. The van der Waals surface area contributed by atoms with Gasteiger partial charge in [0, 0.05) is 24.2 Å². The first kappa shape index (κ1) is 15.6. The summed E-state index contributed by atoms with van der Waals surface area (Å²) in [7, 11) is 2.24. The average Bonchev–Trinajstić information content (AvgIpc) is 2.68. The van der Waals surface area contributed by atoms with Crippen LogP contribution in [0.3, 0.4) is 0 Å². The average molecular weight is 278 g/mol. The lowest BCUT2D eigenvalue weighted by Crippen LogP contribution is -2.30. The zero-order valence-corrected chi connectivity index (χ0v) is 13.3. The van der Waals surface area contributed by atoms with E-state index in [0.717, 1.165) is 24.9 Å². The first-order chi connectivity index (χ1) is 9.65. The van der Waals surface area contributed by atoms with Crippen molar-refractivity contribution in [3.63, 3.8) is 0 Å². The summed E-state index contributed by atoms with van der Waals surface area (Å²) in [6.45, 7) is 6.17. The van der Waals surface area contributed by atoms with Gasteiger partial charge in [0.25, 0.3) is 0 Å². The predicted octanol–water partition coefficient (Wildman–Crippen LogP) is 3.93. The van der Waals surface area contributed by atoms with E-state index in [-0.39, 0.29) is 0 Å². The van der Waals surface area contributed by atoms with Gasteiger partial charge in [-0.2, -0.15) is 0 Å². The number of nitrogens with one attached hydrogen (secondary N) is 1. The molecule has 0 bridgehead atoms. The van der Waals surface area contributed by atoms with Gasteiger partial charge in [-0.25, -0.2) is 0 Å². The summed E-state index contributed by atoms with van der Waals surface area (Å²) in [6.07, 6.45) is 10.2. The number of hydrogen-bond donors (Lipinski definition) is 1. The lowest BCUT2D eigenvalue weighted by atomic mass is 10.1. The maximum Gasteiger partial charge on any atom is 0.118 e. The van der Waals surface area contributed by atoms with Gasteiger partial charge in [-0.15, -0.1) is 0 Å². The van der Waals surface area contributed by atoms with Crippen LogP contribution in [0.2, 0.25) is 0 Å². The minimum absolute atomic E-state index is 0.516. The van der Waals surface area contributed by atoms with Crippen molar-refractivity contribution in [3.05, 3.63) is 23.7 Å². The van der Waals surface area contributed by atoms with Crippen molar-refractivity contribution < 1.29 is 4.42 Å². The Hall–Kier alpha value is -0.800. The molecule has 3 heteroatoms. The van der Waals surface area contributed by atoms with E-state index in [1.54, 1.807) is 0 Å². The molecule has 20 heavy (non-hydrogen) atoms. The topological polar surface area (TPSA) is 28.4 Å². The maximum absolute atomic E-state index is 5.71. The molecule has 0 spiro atoms. The summed E-state index contributed by atoms with van der Waals surface area (Å²) in [5, 5.41) is 3.43. The first-order valence-corrected chi connectivity index (χ1v) is 8.15. The molecule has 114 valence electrons. The molecule has 1 aromatic heterocycles. The summed E-state index contributed by atoms with van der Waals surface area (Å²) in [5.74, 6) is 1.09. The highest BCUT2D eigenvalue weighted by Crippen LogP contribution is 2.22. The second-order valence-electron chi connectivity index (χ2n) is 6.52. The molecule has 0 amide bonds. The van der Waals surface area contributed by atoms with Crippen molar-refractivity contribution in [3.8, 4) is 0 Å². The smallest absolute Gasteiger partial charge is 0.118 e. The van der Waals surface area contributed by atoms with Gasteiger partial charge in [-0.3, -0.25) is 4.90 Å². The minimum atomic E-state index is 0.516. The Morgan fingerprint density at radius 3 is 2.60 bits per heavy atom. The fourth-order valence-electron chi connectivity index (χ4n) is 3.00. The predicted molar refractivity (Wildman–Crippen MR) is 83.6 cm³/mol. The van der Waals surface area contributed by atoms with Gasteiger partial charge in [0.2, 0.25) is 0 Å². The normalized spacial score (nSPS) is 17.9. The monoisotopic (exact) mass is 278 g/mol. The molecular weight excluding hydrogens is 248 g/mol. The highest BCUT2D eigenvalue weighted by Gasteiger charge is 2.18. The van der Waals surface area contributed by atoms with Crippen molar-refractivity contribution in [2.24, 2.45) is 0 Å². The molecular formula is C17H30N2O. The fourth-order valence-corrected chi connectivity index (χ4v) is 3.00. The van der Waals surface area contributed by atoms with Crippen LogP contribution in [-0.4, -0.2) is 24.0 Å². The summed E-state index contributed by atoms with van der Waals surface area (Å²) in [6, 6.07) is 3.45. The number of hydrogen-bond acceptors (Lipinski definition) is 3. The molecule has 0 atom stereocenters. The molecule has 1 saturated carbocycles. The van der Waals surface area contributed by atoms with Gasteiger partial charge >= 0.3 is 0 Å². The van der Waals surface area contributed by atoms with E-state index in [2.05, 4.69) is 37.2 Å². The van der Waals surface area contributed by atoms with Crippen LogP contribution in [0.5, 0.6) is 0 Å². The van der Waals surface area contributed by atoms with E-state index in [9.17, 15) is 0 Å². The quantitative estimate of drug-likeness (QED) is 0.799. The Labute approximate surface area is 123 Å². The van der Waals surface area contributed by atoms with Crippen LogP contribution in [0.25, 0.3) is 0 Å². The molecule has 0 saturated heterocycles.